The highest BCUT2D eigenvalue weighted by molar-refractivity contribution is 5.21. The highest BCUT2D eigenvalue weighted by Gasteiger charge is 2.13. The second-order valence-electron chi connectivity index (χ2n) is 3.27. The average molecular weight is 198 g/mol. The van der Waals surface area contributed by atoms with Gasteiger partial charge in [0, 0.05) is 12.5 Å². The Hall–Kier alpha value is -0.930. The molecule has 3 heteroatoms. The van der Waals surface area contributed by atoms with Crippen LogP contribution < -0.4 is 0 Å². The molecule has 2 N–H and O–H groups in total. The van der Waals surface area contributed by atoms with Crippen molar-refractivity contribution in [3.8, 4) is 0 Å². The lowest BCUT2D eigenvalue weighted by atomic mass is 9.95. The third-order valence-corrected chi connectivity index (χ3v) is 2.28. The highest BCUT2D eigenvalue weighted by Crippen LogP contribution is 2.22. The quantitative estimate of drug-likeness (QED) is 0.755. The summed E-state index contributed by atoms with van der Waals surface area (Å²) >= 11 is 0. The van der Waals surface area contributed by atoms with Gasteiger partial charge in [0.25, 0.3) is 0 Å². The van der Waals surface area contributed by atoms with E-state index in [0.29, 0.717) is 18.4 Å². The monoisotopic (exact) mass is 198 g/mol. The molecule has 2 nitrogen and oxygen atoms in total. The van der Waals surface area contributed by atoms with Crippen LogP contribution in [-0.4, -0.2) is 23.4 Å². The molecule has 0 bridgehead atoms. The zero-order valence-corrected chi connectivity index (χ0v) is 7.99. The van der Waals surface area contributed by atoms with Crippen molar-refractivity contribution in [2.75, 3.05) is 13.2 Å². The summed E-state index contributed by atoms with van der Waals surface area (Å²) in [6.07, 6.45) is 1.19. The standard InChI is InChI=1S/C11H15FO2/c12-11-6-2-1-5-10(11)9(8-14)4-3-7-13/h1-2,5-6,9,13-14H,3-4,7-8H2. The molecule has 1 aromatic rings. The van der Waals surface area contributed by atoms with E-state index in [1.807, 2.05) is 0 Å². The van der Waals surface area contributed by atoms with Crippen LogP contribution in [0.4, 0.5) is 4.39 Å². The van der Waals surface area contributed by atoms with Crippen LogP contribution in [0, 0.1) is 5.82 Å². The van der Waals surface area contributed by atoms with Crippen molar-refractivity contribution in [2.24, 2.45) is 0 Å². The van der Waals surface area contributed by atoms with Crippen molar-refractivity contribution in [3.05, 3.63) is 35.6 Å². The van der Waals surface area contributed by atoms with Crippen molar-refractivity contribution >= 4 is 0 Å². The molecule has 78 valence electrons. The van der Waals surface area contributed by atoms with Gasteiger partial charge < -0.3 is 10.2 Å². The van der Waals surface area contributed by atoms with E-state index in [1.54, 1.807) is 18.2 Å². The Balaban J connectivity index is 2.73. The van der Waals surface area contributed by atoms with E-state index in [2.05, 4.69) is 0 Å². The van der Waals surface area contributed by atoms with Gasteiger partial charge in [-0.3, -0.25) is 0 Å². The summed E-state index contributed by atoms with van der Waals surface area (Å²) in [5.74, 6) is -0.493. The van der Waals surface area contributed by atoms with Crippen molar-refractivity contribution in [3.63, 3.8) is 0 Å². The molecule has 0 radical (unpaired) electrons. The molecule has 1 rings (SSSR count). The van der Waals surface area contributed by atoms with E-state index in [4.69, 9.17) is 10.2 Å². The molecular weight excluding hydrogens is 183 g/mol. The maximum atomic E-state index is 13.3. The molecule has 0 saturated heterocycles. The molecule has 14 heavy (non-hydrogen) atoms. The zero-order valence-electron chi connectivity index (χ0n) is 7.99. The van der Waals surface area contributed by atoms with E-state index < -0.39 is 0 Å². The zero-order chi connectivity index (χ0) is 10.4. The first-order valence-corrected chi connectivity index (χ1v) is 4.75. The van der Waals surface area contributed by atoms with E-state index in [1.165, 1.54) is 6.07 Å². The largest absolute Gasteiger partial charge is 0.396 e. The molecule has 0 aliphatic carbocycles. The minimum Gasteiger partial charge on any atom is -0.396 e. The molecule has 0 saturated carbocycles. The Morgan fingerprint density at radius 1 is 1.21 bits per heavy atom. The van der Waals surface area contributed by atoms with Crippen molar-refractivity contribution in [1.29, 1.82) is 0 Å². The molecule has 1 unspecified atom stereocenters. The summed E-state index contributed by atoms with van der Waals surface area (Å²) in [7, 11) is 0. The minimum absolute atomic E-state index is 0.0744. The first kappa shape index (κ1) is 11.1. The van der Waals surface area contributed by atoms with E-state index in [9.17, 15) is 4.39 Å². The number of aliphatic hydroxyl groups excluding tert-OH is 2. The van der Waals surface area contributed by atoms with Gasteiger partial charge in [0.1, 0.15) is 5.82 Å². The fourth-order valence-electron chi connectivity index (χ4n) is 1.49. The van der Waals surface area contributed by atoms with Crippen LogP contribution in [0.1, 0.15) is 24.3 Å². The summed E-state index contributed by atoms with van der Waals surface area (Å²) in [4.78, 5) is 0. The Morgan fingerprint density at radius 2 is 1.93 bits per heavy atom. The van der Waals surface area contributed by atoms with Gasteiger partial charge in [-0.1, -0.05) is 18.2 Å². The second-order valence-corrected chi connectivity index (χ2v) is 3.27. The SMILES string of the molecule is OCCCC(CO)c1ccccc1F. The molecule has 0 heterocycles. The molecular formula is C11H15FO2. The molecule has 0 aliphatic heterocycles. The number of aliphatic hydroxyl groups is 2. The van der Waals surface area contributed by atoms with Gasteiger partial charge in [-0.25, -0.2) is 4.39 Å². The van der Waals surface area contributed by atoms with E-state index >= 15 is 0 Å². The van der Waals surface area contributed by atoms with Crippen LogP contribution in [0.25, 0.3) is 0 Å². The van der Waals surface area contributed by atoms with Crippen molar-refractivity contribution in [2.45, 2.75) is 18.8 Å². The summed E-state index contributed by atoms with van der Waals surface area (Å²) in [6.45, 7) is -0.00805. The first-order chi connectivity index (χ1) is 6.79. The van der Waals surface area contributed by atoms with Gasteiger partial charge in [-0.15, -0.1) is 0 Å². The predicted octanol–water partition coefficient (Wildman–Crippen LogP) is 1.67. The predicted molar refractivity (Wildman–Crippen MR) is 52.5 cm³/mol. The molecule has 0 aliphatic rings. The Bertz CT molecular complexity index is 276. The Morgan fingerprint density at radius 3 is 2.50 bits per heavy atom. The molecule has 0 amide bonds. The average Bonchev–Trinajstić information content (AvgIpc) is 2.21. The first-order valence-electron chi connectivity index (χ1n) is 4.75. The van der Waals surface area contributed by atoms with Crippen LogP contribution in [0.3, 0.4) is 0 Å². The van der Waals surface area contributed by atoms with Crippen LogP contribution >= 0.6 is 0 Å². The number of benzene rings is 1. The summed E-state index contributed by atoms with van der Waals surface area (Å²) in [5.41, 5.74) is 0.531. The topological polar surface area (TPSA) is 40.5 Å². The fourth-order valence-corrected chi connectivity index (χ4v) is 1.49. The number of hydrogen-bond donors (Lipinski definition) is 2. The normalized spacial score (nSPS) is 12.8. The Kier molecular flexibility index (Phi) is 4.56. The molecule has 1 atom stereocenters. The third-order valence-electron chi connectivity index (χ3n) is 2.28. The van der Waals surface area contributed by atoms with Gasteiger partial charge in [-0.05, 0) is 24.5 Å². The number of hydrogen-bond acceptors (Lipinski definition) is 2. The second kappa shape index (κ2) is 5.73. The summed E-state index contributed by atoms with van der Waals surface area (Å²) < 4.78 is 13.3. The number of rotatable bonds is 5. The highest BCUT2D eigenvalue weighted by atomic mass is 19.1. The summed E-state index contributed by atoms with van der Waals surface area (Å²) in [6, 6.07) is 6.43. The van der Waals surface area contributed by atoms with Gasteiger partial charge in [-0.2, -0.15) is 0 Å². The Labute approximate surface area is 83.0 Å². The lowest BCUT2D eigenvalue weighted by Gasteiger charge is -2.14. The van der Waals surface area contributed by atoms with Crippen LogP contribution in [0.15, 0.2) is 24.3 Å². The molecule has 1 aromatic carbocycles. The van der Waals surface area contributed by atoms with E-state index in [-0.39, 0.29) is 24.9 Å². The van der Waals surface area contributed by atoms with Gasteiger partial charge in [0.2, 0.25) is 0 Å². The molecule has 0 fully saturated rings. The molecule has 0 aromatic heterocycles. The maximum absolute atomic E-state index is 13.3. The maximum Gasteiger partial charge on any atom is 0.126 e. The van der Waals surface area contributed by atoms with Crippen LogP contribution in [0.5, 0.6) is 0 Å². The smallest absolute Gasteiger partial charge is 0.126 e. The lowest BCUT2D eigenvalue weighted by Crippen LogP contribution is -2.07. The fraction of sp³-hybridized carbons (Fsp3) is 0.455. The van der Waals surface area contributed by atoms with Gasteiger partial charge in [0.15, 0.2) is 0 Å². The minimum atomic E-state index is -0.288. The van der Waals surface area contributed by atoms with Crippen LogP contribution in [0.2, 0.25) is 0 Å². The molecule has 0 spiro atoms. The van der Waals surface area contributed by atoms with E-state index in [0.717, 1.165) is 0 Å². The third kappa shape index (κ3) is 2.79. The van der Waals surface area contributed by atoms with Crippen LogP contribution in [-0.2, 0) is 0 Å². The lowest BCUT2D eigenvalue weighted by molar-refractivity contribution is 0.234. The number of halogens is 1. The van der Waals surface area contributed by atoms with Gasteiger partial charge >= 0.3 is 0 Å². The van der Waals surface area contributed by atoms with Crippen molar-refractivity contribution < 1.29 is 14.6 Å². The summed E-state index contributed by atoms with van der Waals surface area (Å²) in [5, 5.41) is 17.7. The van der Waals surface area contributed by atoms with Crippen molar-refractivity contribution in [1.82, 2.24) is 0 Å². The van der Waals surface area contributed by atoms with Gasteiger partial charge in [0.05, 0.1) is 6.61 Å².